The number of rotatable bonds is 4. The molecule has 2 aliphatic rings. The van der Waals surface area contributed by atoms with Gasteiger partial charge < -0.3 is 10.2 Å². The number of hydrogen-bond acceptors (Lipinski definition) is 4. The maximum absolute atomic E-state index is 12.7. The van der Waals surface area contributed by atoms with Crippen LogP contribution in [-0.4, -0.2) is 38.0 Å². The van der Waals surface area contributed by atoms with Gasteiger partial charge in [-0.15, -0.1) is 0 Å². The molecule has 0 saturated heterocycles. The van der Waals surface area contributed by atoms with E-state index in [0.29, 0.717) is 31.9 Å². The van der Waals surface area contributed by atoms with E-state index in [-0.39, 0.29) is 17.7 Å². The number of hydrogen-bond donors (Lipinski definition) is 1. The maximum atomic E-state index is 12.7. The number of nitrogens with zero attached hydrogens (tertiary/aromatic N) is 4. The topological polar surface area (TPSA) is 80.1 Å². The maximum Gasteiger partial charge on any atom is 0.272 e. The van der Waals surface area contributed by atoms with E-state index in [1.165, 1.54) is 0 Å². The summed E-state index contributed by atoms with van der Waals surface area (Å²) < 4.78 is 1.93. The summed E-state index contributed by atoms with van der Waals surface area (Å²) in [5.74, 6) is 0.257. The Bertz CT molecular complexity index is 840. The molecule has 0 aromatic carbocycles. The van der Waals surface area contributed by atoms with Crippen molar-refractivity contribution in [2.45, 2.75) is 45.8 Å². The first kappa shape index (κ1) is 16.8. The van der Waals surface area contributed by atoms with Gasteiger partial charge in [0.1, 0.15) is 5.69 Å². The monoisotopic (exact) mass is 353 g/mol. The van der Waals surface area contributed by atoms with E-state index < -0.39 is 0 Å². The largest absolute Gasteiger partial charge is 0.350 e. The predicted octanol–water partition coefficient (Wildman–Crippen LogP) is 1.66. The Morgan fingerprint density at radius 1 is 1.27 bits per heavy atom. The van der Waals surface area contributed by atoms with Gasteiger partial charge in [0.05, 0.1) is 31.0 Å². The standard InChI is InChI=1S/C19H23N5O2/c1-13-4-2-7-17(21-13)19(26)23-8-9-24-16(12-23)10-15(22-24)11-20-18(25)14-5-3-6-14/h2,4,7,10,14H,3,5-6,8-9,11-12H2,1H3,(H,20,25). The minimum absolute atomic E-state index is 0.0546. The minimum atomic E-state index is -0.0546. The predicted molar refractivity (Wildman–Crippen MR) is 95.1 cm³/mol. The van der Waals surface area contributed by atoms with Crippen molar-refractivity contribution in [3.05, 3.63) is 47.0 Å². The number of amides is 2. The molecule has 0 spiro atoms. The van der Waals surface area contributed by atoms with E-state index in [1.54, 1.807) is 11.0 Å². The van der Waals surface area contributed by atoms with Gasteiger partial charge in [0.25, 0.3) is 5.91 Å². The minimum Gasteiger partial charge on any atom is -0.350 e. The number of pyridine rings is 1. The van der Waals surface area contributed by atoms with E-state index in [0.717, 1.165) is 36.3 Å². The fourth-order valence-corrected chi connectivity index (χ4v) is 3.40. The van der Waals surface area contributed by atoms with Gasteiger partial charge in [-0.2, -0.15) is 5.10 Å². The zero-order valence-corrected chi connectivity index (χ0v) is 14.9. The molecule has 3 heterocycles. The molecule has 1 fully saturated rings. The first-order chi connectivity index (χ1) is 12.6. The molecular formula is C19H23N5O2. The van der Waals surface area contributed by atoms with Crippen LogP contribution in [-0.2, 0) is 24.4 Å². The Kier molecular flexibility index (Phi) is 4.44. The Morgan fingerprint density at radius 2 is 2.12 bits per heavy atom. The summed E-state index contributed by atoms with van der Waals surface area (Å²) >= 11 is 0. The number of nitrogens with one attached hydrogen (secondary N) is 1. The molecule has 0 unspecified atom stereocenters. The molecule has 1 N–H and O–H groups in total. The van der Waals surface area contributed by atoms with Crippen LogP contribution in [0, 0.1) is 12.8 Å². The zero-order chi connectivity index (χ0) is 18.1. The van der Waals surface area contributed by atoms with Crippen molar-refractivity contribution in [2.75, 3.05) is 6.54 Å². The number of fused-ring (bicyclic) bond motifs is 1. The number of carbonyl (C=O) groups is 2. The quantitative estimate of drug-likeness (QED) is 0.906. The lowest BCUT2D eigenvalue weighted by Crippen LogP contribution is -2.38. The van der Waals surface area contributed by atoms with E-state index >= 15 is 0 Å². The highest BCUT2D eigenvalue weighted by Gasteiger charge is 2.26. The van der Waals surface area contributed by atoms with Gasteiger partial charge in [0.15, 0.2) is 0 Å². The average Bonchev–Trinajstić information content (AvgIpc) is 3.00. The summed E-state index contributed by atoms with van der Waals surface area (Å²) in [4.78, 5) is 30.8. The Morgan fingerprint density at radius 3 is 2.85 bits per heavy atom. The highest BCUT2D eigenvalue weighted by Crippen LogP contribution is 2.26. The van der Waals surface area contributed by atoms with Crippen LogP contribution in [0.2, 0.25) is 0 Å². The molecule has 7 nitrogen and oxygen atoms in total. The summed E-state index contributed by atoms with van der Waals surface area (Å²) in [6.45, 7) is 4.10. The van der Waals surface area contributed by atoms with Crippen molar-refractivity contribution in [3.63, 3.8) is 0 Å². The van der Waals surface area contributed by atoms with Crippen molar-refractivity contribution in [1.29, 1.82) is 0 Å². The second kappa shape index (κ2) is 6.90. The van der Waals surface area contributed by atoms with Gasteiger partial charge in [-0.3, -0.25) is 14.3 Å². The van der Waals surface area contributed by atoms with Crippen molar-refractivity contribution < 1.29 is 9.59 Å². The number of aryl methyl sites for hydroxylation is 1. The number of carbonyl (C=O) groups excluding carboxylic acids is 2. The molecule has 0 radical (unpaired) electrons. The lowest BCUT2D eigenvalue weighted by molar-refractivity contribution is -0.127. The molecule has 26 heavy (non-hydrogen) atoms. The van der Waals surface area contributed by atoms with E-state index in [2.05, 4.69) is 15.4 Å². The van der Waals surface area contributed by atoms with Gasteiger partial charge >= 0.3 is 0 Å². The lowest BCUT2D eigenvalue weighted by atomic mass is 9.85. The van der Waals surface area contributed by atoms with Gasteiger partial charge in [-0.25, -0.2) is 4.98 Å². The molecule has 2 aromatic rings. The van der Waals surface area contributed by atoms with Crippen LogP contribution in [0.5, 0.6) is 0 Å². The Labute approximate surface area is 152 Å². The van der Waals surface area contributed by atoms with Crippen LogP contribution < -0.4 is 5.32 Å². The second-order valence-corrected chi connectivity index (χ2v) is 7.09. The first-order valence-electron chi connectivity index (χ1n) is 9.16. The van der Waals surface area contributed by atoms with Gasteiger partial charge in [0.2, 0.25) is 5.91 Å². The first-order valence-corrected chi connectivity index (χ1v) is 9.16. The molecular weight excluding hydrogens is 330 g/mol. The van der Waals surface area contributed by atoms with Crippen LogP contribution in [0.15, 0.2) is 24.3 Å². The van der Waals surface area contributed by atoms with Crippen molar-refractivity contribution in [3.8, 4) is 0 Å². The smallest absolute Gasteiger partial charge is 0.272 e. The average molecular weight is 353 g/mol. The summed E-state index contributed by atoms with van der Waals surface area (Å²) in [7, 11) is 0. The Hall–Kier alpha value is -2.70. The second-order valence-electron chi connectivity index (χ2n) is 7.09. The van der Waals surface area contributed by atoms with E-state index in [9.17, 15) is 9.59 Å². The fraction of sp³-hybridized carbons (Fsp3) is 0.474. The van der Waals surface area contributed by atoms with E-state index in [1.807, 2.05) is 29.8 Å². The van der Waals surface area contributed by atoms with Gasteiger partial charge in [-0.1, -0.05) is 12.5 Å². The molecule has 136 valence electrons. The fourth-order valence-electron chi connectivity index (χ4n) is 3.40. The van der Waals surface area contributed by atoms with Gasteiger partial charge in [0, 0.05) is 18.2 Å². The molecule has 1 saturated carbocycles. The molecule has 1 aliphatic heterocycles. The Balaban J connectivity index is 1.40. The zero-order valence-electron chi connectivity index (χ0n) is 14.9. The third-order valence-corrected chi connectivity index (χ3v) is 5.16. The summed E-state index contributed by atoms with van der Waals surface area (Å²) in [5.41, 5.74) is 3.15. The summed E-state index contributed by atoms with van der Waals surface area (Å²) in [6, 6.07) is 7.46. The molecule has 1 aliphatic carbocycles. The number of aromatic nitrogens is 3. The van der Waals surface area contributed by atoms with Crippen molar-refractivity contribution in [1.82, 2.24) is 25.0 Å². The van der Waals surface area contributed by atoms with Crippen molar-refractivity contribution >= 4 is 11.8 Å². The molecule has 7 heteroatoms. The van der Waals surface area contributed by atoms with Crippen LogP contribution in [0.25, 0.3) is 0 Å². The van der Waals surface area contributed by atoms with E-state index in [4.69, 9.17) is 0 Å². The van der Waals surface area contributed by atoms with Crippen LogP contribution >= 0.6 is 0 Å². The lowest BCUT2D eigenvalue weighted by Gasteiger charge is -2.27. The molecule has 0 bridgehead atoms. The summed E-state index contributed by atoms with van der Waals surface area (Å²) in [5, 5.41) is 7.53. The third-order valence-electron chi connectivity index (χ3n) is 5.16. The third kappa shape index (κ3) is 3.34. The van der Waals surface area contributed by atoms with Crippen LogP contribution in [0.4, 0.5) is 0 Å². The molecule has 0 atom stereocenters. The normalized spacial score (nSPS) is 16.7. The molecule has 2 aromatic heterocycles. The molecule has 4 rings (SSSR count). The highest BCUT2D eigenvalue weighted by atomic mass is 16.2. The van der Waals surface area contributed by atoms with Crippen LogP contribution in [0.3, 0.4) is 0 Å². The molecule has 2 amide bonds. The van der Waals surface area contributed by atoms with Crippen molar-refractivity contribution in [2.24, 2.45) is 5.92 Å². The SMILES string of the molecule is Cc1cccc(C(=O)N2CCn3nc(CNC(=O)C4CCC4)cc3C2)n1. The highest BCUT2D eigenvalue weighted by molar-refractivity contribution is 5.92. The van der Waals surface area contributed by atoms with Crippen LogP contribution in [0.1, 0.15) is 46.8 Å². The van der Waals surface area contributed by atoms with Gasteiger partial charge in [-0.05, 0) is 38.0 Å². The summed E-state index contributed by atoms with van der Waals surface area (Å²) in [6.07, 6.45) is 3.14.